The fourth-order valence-corrected chi connectivity index (χ4v) is 2.26. The van der Waals surface area contributed by atoms with E-state index in [2.05, 4.69) is 15.3 Å². The molecule has 21 heavy (non-hydrogen) atoms. The van der Waals surface area contributed by atoms with Crippen LogP contribution in [0.15, 0.2) is 17.6 Å². The van der Waals surface area contributed by atoms with Crippen molar-refractivity contribution >= 4 is 27.7 Å². The lowest BCUT2D eigenvalue weighted by atomic mass is 10.2. The van der Waals surface area contributed by atoms with Crippen LogP contribution in [0.3, 0.4) is 0 Å². The summed E-state index contributed by atoms with van der Waals surface area (Å²) in [4.78, 5) is 20.8. The van der Waals surface area contributed by atoms with Gasteiger partial charge in [-0.3, -0.25) is 4.79 Å². The van der Waals surface area contributed by atoms with Crippen molar-refractivity contribution in [2.24, 2.45) is 0 Å². The van der Waals surface area contributed by atoms with Gasteiger partial charge in [-0.2, -0.15) is 0 Å². The molecule has 2 heterocycles. The number of hydrogen-bond donors (Lipinski definition) is 1. The molecule has 0 radical (unpaired) electrons. The van der Waals surface area contributed by atoms with E-state index in [1.54, 1.807) is 11.6 Å². The van der Waals surface area contributed by atoms with Crippen molar-refractivity contribution in [1.29, 1.82) is 0 Å². The van der Waals surface area contributed by atoms with Crippen molar-refractivity contribution in [3.05, 3.63) is 17.6 Å². The minimum Gasteiger partial charge on any atom is -0.476 e. The van der Waals surface area contributed by atoms with Crippen LogP contribution in [0.2, 0.25) is 0 Å². The molecule has 0 saturated heterocycles. The second kappa shape index (κ2) is 6.82. The second-order valence-corrected chi connectivity index (χ2v) is 6.27. The zero-order chi connectivity index (χ0) is 15.3. The Bertz CT molecular complexity index is 607. The number of thiazole rings is 1. The van der Waals surface area contributed by atoms with Gasteiger partial charge in [0.05, 0.1) is 12.1 Å². The average molecular weight is 309 g/mol. The average Bonchev–Trinajstić information content (AvgIpc) is 2.83. The summed E-state index contributed by atoms with van der Waals surface area (Å²) in [7, 11) is 0. The molecule has 2 aromatic rings. The van der Waals surface area contributed by atoms with Crippen molar-refractivity contribution in [2.75, 3.05) is 19.7 Å². The van der Waals surface area contributed by atoms with Gasteiger partial charge in [0.25, 0.3) is 0 Å². The first-order valence-corrected chi connectivity index (χ1v) is 7.58. The summed E-state index contributed by atoms with van der Waals surface area (Å²) in [5.74, 6) is 0.289. The number of esters is 1. The third kappa shape index (κ3) is 5.28. The number of nitrogens with one attached hydrogen (secondary N) is 1. The van der Waals surface area contributed by atoms with Gasteiger partial charge in [0.1, 0.15) is 22.6 Å². The third-order valence-corrected chi connectivity index (χ3v) is 3.12. The lowest BCUT2D eigenvalue weighted by Gasteiger charge is -2.19. The molecule has 6 nitrogen and oxygen atoms in total. The molecule has 0 aliphatic rings. The van der Waals surface area contributed by atoms with Crippen LogP contribution < -0.4 is 10.1 Å². The minimum absolute atomic E-state index is 0.169. The molecule has 0 amide bonds. The van der Waals surface area contributed by atoms with Crippen molar-refractivity contribution < 1.29 is 14.3 Å². The van der Waals surface area contributed by atoms with Crippen molar-refractivity contribution in [3.63, 3.8) is 0 Å². The predicted molar refractivity (Wildman–Crippen MR) is 81.6 cm³/mol. The molecule has 0 atom stereocenters. The molecule has 0 saturated carbocycles. The molecular formula is C14H19N3O3S. The Morgan fingerprint density at radius 2 is 2.19 bits per heavy atom. The quantitative estimate of drug-likeness (QED) is 0.650. The molecule has 2 rings (SSSR count). The van der Waals surface area contributed by atoms with Crippen LogP contribution in [-0.4, -0.2) is 41.2 Å². The summed E-state index contributed by atoms with van der Waals surface area (Å²) in [6, 6.07) is 3.66. The summed E-state index contributed by atoms with van der Waals surface area (Å²) in [5.41, 5.74) is 2.17. The third-order valence-electron chi connectivity index (χ3n) is 2.39. The van der Waals surface area contributed by atoms with E-state index >= 15 is 0 Å². The molecule has 7 heteroatoms. The van der Waals surface area contributed by atoms with E-state index in [1.165, 1.54) is 11.3 Å². The smallest absolute Gasteiger partial charge is 0.320 e. The molecule has 114 valence electrons. The summed E-state index contributed by atoms with van der Waals surface area (Å²) < 4.78 is 10.7. The summed E-state index contributed by atoms with van der Waals surface area (Å²) >= 11 is 1.48. The molecular weight excluding hydrogens is 290 g/mol. The maximum atomic E-state index is 11.5. The first kappa shape index (κ1) is 15.7. The first-order valence-electron chi connectivity index (χ1n) is 6.70. The van der Waals surface area contributed by atoms with Crippen LogP contribution >= 0.6 is 11.3 Å². The van der Waals surface area contributed by atoms with Crippen LogP contribution in [-0.2, 0) is 9.53 Å². The number of hydrogen-bond acceptors (Lipinski definition) is 7. The number of aromatic nitrogens is 2. The topological polar surface area (TPSA) is 73.3 Å². The van der Waals surface area contributed by atoms with Gasteiger partial charge in [-0.25, -0.2) is 9.97 Å². The fraction of sp³-hybridized carbons (Fsp3) is 0.500. The van der Waals surface area contributed by atoms with Crippen LogP contribution in [0.1, 0.15) is 20.8 Å². The van der Waals surface area contributed by atoms with Crippen LogP contribution in [0.5, 0.6) is 5.88 Å². The van der Waals surface area contributed by atoms with Crippen LogP contribution in [0.25, 0.3) is 10.3 Å². The zero-order valence-electron chi connectivity index (χ0n) is 12.4. The maximum Gasteiger partial charge on any atom is 0.320 e. The number of rotatable bonds is 6. The number of nitrogens with zero attached hydrogens (tertiary/aromatic N) is 2. The zero-order valence-corrected chi connectivity index (χ0v) is 13.2. The highest BCUT2D eigenvalue weighted by Gasteiger charge is 2.15. The van der Waals surface area contributed by atoms with E-state index in [4.69, 9.17) is 9.47 Å². The van der Waals surface area contributed by atoms with E-state index < -0.39 is 5.60 Å². The highest BCUT2D eigenvalue weighted by atomic mass is 32.1. The Kier molecular flexibility index (Phi) is 5.08. The van der Waals surface area contributed by atoms with Gasteiger partial charge >= 0.3 is 5.97 Å². The first-order chi connectivity index (χ1) is 9.94. The van der Waals surface area contributed by atoms with E-state index in [0.29, 0.717) is 19.0 Å². The molecule has 0 unspecified atom stereocenters. The number of carbonyl (C=O) groups excluding carboxylic acids is 1. The SMILES string of the molecule is CC(C)(C)OC(=O)CNCCOc1ccc2ncsc2n1. The van der Waals surface area contributed by atoms with Gasteiger partial charge in [-0.1, -0.05) is 0 Å². The van der Waals surface area contributed by atoms with Gasteiger partial charge in [0.2, 0.25) is 5.88 Å². The Labute approximate surface area is 127 Å². The molecule has 0 bridgehead atoms. The van der Waals surface area contributed by atoms with Gasteiger partial charge < -0.3 is 14.8 Å². The lowest BCUT2D eigenvalue weighted by Crippen LogP contribution is -2.33. The molecule has 1 N–H and O–H groups in total. The fourth-order valence-electron chi connectivity index (χ4n) is 1.61. The summed E-state index contributed by atoms with van der Waals surface area (Å²) in [6.45, 7) is 6.67. The largest absolute Gasteiger partial charge is 0.476 e. The van der Waals surface area contributed by atoms with Crippen molar-refractivity contribution in [3.8, 4) is 5.88 Å². The Hall–Kier alpha value is -1.73. The molecule has 0 aliphatic heterocycles. The highest BCUT2D eigenvalue weighted by molar-refractivity contribution is 7.16. The van der Waals surface area contributed by atoms with Crippen LogP contribution in [0, 0.1) is 0 Å². The molecule has 2 aromatic heterocycles. The normalized spacial score (nSPS) is 11.6. The van der Waals surface area contributed by atoms with Crippen molar-refractivity contribution in [2.45, 2.75) is 26.4 Å². The number of fused-ring (bicyclic) bond motifs is 1. The highest BCUT2D eigenvalue weighted by Crippen LogP contribution is 2.18. The van der Waals surface area contributed by atoms with E-state index in [1.807, 2.05) is 26.8 Å². The minimum atomic E-state index is -0.455. The molecule has 0 aromatic carbocycles. The number of ether oxygens (including phenoxy) is 2. The predicted octanol–water partition coefficient (Wildman–Crippen LogP) is 2.00. The van der Waals surface area contributed by atoms with E-state index in [0.717, 1.165) is 10.3 Å². The maximum absolute atomic E-state index is 11.5. The second-order valence-electron chi connectivity index (χ2n) is 5.44. The summed E-state index contributed by atoms with van der Waals surface area (Å²) in [6.07, 6.45) is 0. The Balaban J connectivity index is 1.66. The number of carbonyl (C=O) groups is 1. The molecule has 0 fully saturated rings. The lowest BCUT2D eigenvalue weighted by molar-refractivity contribution is -0.153. The standard InChI is InChI=1S/C14H19N3O3S/c1-14(2,3)20-12(18)8-15-6-7-19-11-5-4-10-13(17-11)21-9-16-10/h4-5,9,15H,6-8H2,1-3H3. The summed E-state index contributed by atoms with van der Waals surface area (Å²) in [5, 5.41) is 2.97. The Morgan fingerprint density at radius 3 is 2.95 bits per heavy atom. The Morgan fingerprint density at radius 1 is 1.38 bits per heavy atom. The van der Waals surface area contributed by atoms with Gasteiger partial charge in [0.15, 0.2) is 0 Å². The molecule has 0 spiro atoms. The van der Waals surface area contributed by atoms with Gasteiger partial charge in [-0.05, 0) is 26.8 Å². The molecule has 0 aliphatic carbocycles. The van der Waals surface area contributed by atoms with Crippen LogP contribution in [0.4, 0.5) is 0 Å². The van der Waals surface area contributed by atoms with Gasteiger partial charge in [-0.15, -0.1) is 11.3 Å². The van der Waals surface area contributed by atoms with E-state index in [-0.39, 0.29) is 12.5 Å². The monoisotopic (exact) mass is 309 g/mol. The van der Waals surface area contributed by atoms with Crippen molar-refractivity contribution in [1.82, 2.24) is 15.3 Å². The number of pyridine rings is 1. The van der Waals surface area contributed by atoms with E-state index in [9.17, 15) is 4.79 Å². The van der Waals surface area contributed by atoms with Gasteiger partial charge in [0, 0.05) is 12.6 Å².